The average molecular weight is 241 g/mol. The average Bonchev–Trinajstić information content (AvgIpc) is 2.11. The Balaban J connectivity index is 4.44. The fourth-order valence-corrected chi connectivity index (χ4v) is 0.626. The SMILES string of the molecule is CN(C)C(=O)CNC(=O)C(C)(N)C(F)(F)F. The molecule has 1 atom stereocenters. The molecule has 0 heterocycles. The number of carbonyl (C=O) groups is 2. The molecule has 0 radical (unpaired) electrons. The monoisotopic (exact) mass is 241 g/mol. The standard InChI is InChI=1S/C8H14F3N3O2/c1-7(12,8(9,10)11)6(16)13-4-5(15)14(2)3/h4,12H2,1-3H3,(H,13,16). The van der Waals surface area contributed by atoms with E-state index in [1.807, 2.05) is 5.32 Å². The van der Waals surface area contributed by atoms with Crippen LogP contribution in [0.2, 0.25) is 0 Å². The number of nitrogens with one attached hydrogen (secondary N) is 1. The van der Waals surface area contributed by atoms with E-state index in [-0.39, 0.29) is 0 Å². The van der Waals surface area contributed by atoms with Crippen LogP contribution in [0.25, 0.3) is 0 Å². The van der Waals surface area contributed by atoms with Crippen molar-refractivity contribution in [3.8, 4) is 0 Å². The molecule has 3 N–H and O–H groups in total. The zero-order valence-corrected chi connectivity index (χ0v) is 9.18. The highest BCUT2D eigenvalue weighted by molar-refractivity contribution is 5.90. The van der Waals surface area contributed by atoms with Gasteiger partial charge in [0.1, 0.15) is 0 Å². The second-order valence-electron chi connectivity index (χ2n) is 3.67. The van der Waals surface area contributed by atoms with Crippen molar-refractivity contribution in [1.29, 1.82) is 0 Å². The molecule has 8 heteroatoms. The summed E-state index contributed by atoms with van der Waals surface area (Å²) in [5, 5.41) is 1.84. The third kappa shape index (κ3) is 3.37. The van der Waals surface area contributed by atoms with Gasteiger partial charge >= 0.3 is 6.18 Å². The molecule has 2 amide bonds. The molecule has 0 aliphatic carbocycles. The number of nitrogens with zero attached hydrogens (tertiary/aromatic N) is 1. The number of rotatable bonds is 3. The van der Waals surface area contributed by atoms with Gasteiger partial charge < -0.3 is 16.0 Å². The van der Waals surface area contributed by atoms with Gasteiger partial charge in [0, 0.05) is 14.1 Å². The Morgan fingerprint density at radius 1 is 1.31 bits per heavy atom. The van der Waals surface area contributed by atoms with Gasteiger partial charge in [-0.05, 0) is 6.92 Å². The van der Waals surface area contributed by atoms with E-state index in [4.69, 9.17) is 5.73 Å². The number of nitrogens with two attached hydrogens (primary N) is 1. The van der Waals surface area contributed by atoms with Crippen LogP contribution in [0.4, 0.5) is 13.2 Å². The fourth-order valence-electron chi connectivity index (χ4n) is 0.626. The van der Waals surface area contributed by atoms with Crippen LogP contribution >= 0.6 is 0 Å². The van der Waals surface area contributed by atoms with Crippen molar-refractivity contribution in [3.63, 3.8) is 0 Å². The van der Waals surface area contributed by atoms with Crippen molar-refractivity contribution in [2.24, 2.45) is 5.73 Å². The van der Waals surface area contributed by atoms with Gasteiger partial charge in [0.25, 0.3) is 0 Å². The molecule has 0 aliphatic rings. The summed E-state index contributed by atoms with van der Waals surface area (Å²) >= 11 is 0. The largest absolute Gasteiger partial charge is 0.415 e. The lowest BCUT2D eigenvalue weighted by atomic mass is 10.0. The van der Waals surface area contributed by atoms with Crippen molar-refractivity contribution < 1.29 is 22.8 Å². The van der Waals surface area contributed by atoms with Crippen molar-refractivity contribution in [2.45, 2.75) is 18.6 Å². The number of halogens is 3. The van der Waals surface area contributed by atoms with E-state index in [1.165, 1.54) is 14.1 Å². The molecule has 0 aliphatic heterocycles. The summed E-state index contributed by atoms with van der Waals surface area (Å²) in [6, 6.07) is 0. The Bertz CT molecular complexity index is 287. The molecule has 16 heavy (non-hydrogen) atoms. The lowest BCUT2D eigenvalue weighted by molar-refractivity contribution is -0.187. The Morgan fingerprint density at radius 2 is 1.75 bits per heavy atom. The predicted molar refractivity (Wildman–Crippen MR) is 50.4 cm³/mol. The molecule has 0 spiro atoms. The van der Waals surface area contributed by atoms with Gasteiger partial charge in [-0.1, -0.05) is 0 Å². The molecule has 0 bridgehead atoms. The van der Waals surface area contributed by atoms with Gasteiger partial charge in [0.2, 0.25) is 11.8 Å². The van der Waals surface area contributed by atoms with Crippen LogP contribution in [0.5, 0.6) is 0 Å². The topological polar surface area (TPSA) is 75.4 Å². The summed E-state index contributed by atoms with van der Waals surface area (Å²) in [7, 11) is 2.83. The molecule has 0 saturated carbocycles. The second kappa shape index (κ2) is 4.69. The minimum absolute atomic E-state index is 0.519. The molecular weight excluding hydrogens is 227 g/mol. The van der Waals surface area contributed by atoms with Crippen LogP contribution in [0, 0.1) is 0 Å². The summed E-state index contributed by atoms with van der Waals surface area (Å²) in [5.74, 6) is -1.96. The molecule has 1 unspecified atom stereocenters. The van der Waals surface area contributed by atoms with Gasteiger partial charge in [0.15, 0.2) is 5.54 Å². The van der Waals surface area contributed by atoms with Crippen molar-refractivity contribution in [3.05, 3.63) is 0 Å². The lowest BCUT2D eigenvalue weighted by Crippen LogP contribution is -2.62. The quantitative estimate of drug-likeness (QED) is 0.697. The van der Waals surface area contributed by atoms with Crippen LogP contribution in [-0.2, 0) is 9.59 Å². The van der Waals surface area contributed by atoms with Crippen molar-refractivity contribution >= 4 is 11.8 Å². The number of likely N-dealkylation sites (N-methyl/N-ethyl adjacent to an activating group) is 1. The molecule has 0 aromatic heterocycles. The Morgan fingerprint density at radius 3 is 2.06 bits per heavy atom. The van der Waals surface area contributed by atoms with E-state index in [0.717, 1.165) is 4.90 Å². The molecule has 94 valence electrons. The number of hydrogen-bond acceptors (Lipinski definition) is 3. The highest BCUT2D eigenvalue weighted by Crippen LogP contribution is 2.27. The van der Waals surface area contributed by atoms with Crippen LogP contribution < -0.4 is 11.1 Å². The Hall–Kier alpha value is -1.31. The van der Waals surface area contributed by atoms with E-state index >= 15 is 0 Å². The first-order valence-electron chi connectivity index (χ1n) is 4.34. The molecular formula is C8H14F3N3O2. The number of amides is 2. The summed E-state index contributed by atoms with van der Waals surface area (Å²) < 4.78 is 36.9. The second-order valence-corrected chi connectivity index (χ2v) is 3.67. The van der Waals surface area contributed by atoms with E-state index < -0.39 is 30.1 Å². The number of hydrogen-bond donors (Lipinski definition) is 2. The minimum Gasteiger partial charge on any atom is -0.347 e. The van der Waals surface area contributed by atoms with E-state index in [1.54, 1.807) is 0 Å². The number of carbonyl (C=O) groups excluding carboxylic acids is 2. The van der Waals surface area contributed by atoms with Gasteiger partial charge in [-0.2, -0.15) is 13.2 Å². The predicted octanol–water partition coefficient (Wildman–Crippen LogP) is -0.529. The third-order valence-electron chi connectivity index (χ3n) is 1.96. The minimum atomic E-state index is -4.86. The molecule has 0 rings (SSSR count). The highest BCUT2D eigenvalue weighted by Gasteiger charge is 2.53. The molecule has 0 aromatic rings. The first-order valence-corrected chi connectivity index (χ1v) is 4.34. The van der Waals surface area contributed by atoms with Crippen LogP contribution in [0.15, 0.2) is 0 Å². The molecule has 0 fully saturated rings. The van der Waals surface area contributed by atoms with Gasteiger partial charge in [0.05, 0.1) is 6.54 Å². The maximum Gasteiger partial charge on any atom is 0.415 e. The maximum atomic E-state index is 12.3. The Labute approximate surface area is 90.8 Å². The summed E-state index contributed by atoms with van der Waals surface area (Å²) in [5.41, 5.74) is 1.84. The molecule has 0 saturated heterocycles. The number of alkyl halides is 3. The van der Waals surface area contributed by atoms with Crippen LogP contribution in [-0.4, -0.2) is 49.1 Å². The highest BCUT2D eigenvalue weighted by atomic mass is 19.4. The van der Waals surface area contributed by atoms with Crippen LogP contribution in [0.3, 0.4) is 0 Å². The third-order valence-corrected chi connectivity index (χ3v) is 1.96. The van der Waals surface area contributed by atoms with Crippen molar-refractivity contribution in [1.82, 2.24) is 10.2 Å². The summed E-state index contributed by atoms with van der Waals surface area (Å²) in [4.78, 5) is 23.3. The normalized spacial score (nSPS) is 15.2. The first-order chi connectivity index (χ1) is 7.00. The first kappa shape index (κ1) is 14.7. The summed E-state index contributed by atoms with van der Waals surface area (Å²) in [6.45, 7) is 0.0250. The van der Waals surface area contributed by atoms with E-state index in [9.17, 15) is 22.8 Å². The zero-order valence-electron chi connectivity index (χ0n) is 9.18. The lowest BCUT2D eigenvalue weighted by Gasteiger charge is -2.26. The van der Waals surface area contributed by atoms with E-state index in [2.05, 4.69) is 0 Å². The fraction of sp³-hybridized carbons (Fsp3) is 0.750. The maximum absolute atomic E-state index is 12.3. The summed E-state index contributed by atoms with van der Waals surface area (Å²) in [6.07, 6.45) is -4.86. The van der Waals surface area contributed by atoms with E-state index in [0.29, 0.717) is 6.92 Å². The molecule has 5 nitrogen and oxygen atoms in total. The Kier molecular flexibility index (Phi) is 4.30. The van der Waals surface area contributed by atoms with Gasteiger partial charge in [-0.3, -0.25) is 9.59 Å². The van der Waals surface area contributed by atoms with Gasteiger partial charge in [-0.25, -0.2) is 0 Å². The zero-order chi connectivity index (χ0) is 13.1. The smallest absolute Gasteiger partial charge is 0.347 e. The van der Waals surface area contributed by atoms with Gasteiger partial charge in [-0.15, -0.1) is 0 Å². The van der Waals surface area contributed by atoms with Crippen LogP contribution in [0.1, 0.15) is 6.92 Å². The van der Waals surface area contributed by atoms with Crippen molar-refractivity contribution in [2.75, 3.05) is 20.6 Å². The molecule has 0 aromatic carbocycles.